The fraction of sp³-hybridized carbons (Fsp3) is 0.467. The van der Waals surface area contributed by atoms with Crippen LogP contribution in [-0.4, -0.2) is 25.9 Å². The van der Waals surface area contributed by atoms with Crippen molar-refractivity contribution in [1.29, 1.82) is 0 Å². The molecule has 0 aliphatic carbocycles. The first-order chi connectivity index (χ1) is 8.88. The Balaban J connectivity index is 1.70. The lowest BCUT2D eigenvalue weighted by Gasteiger charge is -2.08. The monoisotopic (exact) mass is 248 g/mol. The molecule has 98 valence electrons. The van der Waals surface area contributed by atoms with Crippen molar-refractivity contribution >= 4 is 0 Å². The molecule has 1 heterocycles. The van der Waals surface area contributed by atoms with Crippen LogP contribution in [0.25, 0.3) is 0 Å². The van der Waals surface area contributed by atoms with Crippen molar-refractivity contribution < 1.29 is 14.8 Å². The molecule has 0 unspecified atom stereocenters. The van der Waals surface area contributed by atoms with E-state index in [4.69, 9.17) is 9.47 Å². The molecule has 1 aliphatic rings. The van der Waals surface area contributed by atoms with E-state index >= 15 is 0 Å². The number of benzene rings is 1. The summed E-state index contributed by atoms with van der Waals surface area (Å²) in [5.74, 6) is 0.901. The van der Waals surface area contributed by atoms with Crippen LogP contribution in [0, 0.1) is 0 Å². The second-order valence-corrected chi connectivity index (χ2v) is 4.61. The molecule has 1 aromatic carbocycles. The SMILES string of the molecule is C=CCOc1ccc(C[NH2+]C[C@H]2CCCO2)cc1. The van der Waals surface area contributed by atoms with Gasteiger partial charge in [0.1, 0.15) is 31.5 Å². The molecule has 1 saturated heterocycles. The highest BCUT2D eigenvalue weighted by Gasteiger charge is 2.16. The summed E-state index contributed by atoms with van der Waals surface area (Å²) >= 11 is 0. The number of hydrogen-bond donors (Lipinski definition) is 1. The van der Waals surface area contributed by atoms with Crippen molar-refractivity contribution in [2.24, 2.45) is 0 Å². The first-order valence-corrected chi connectivity index (χ1v) is 6.64. The van der Waals surface area contributed by atoms with Crippen molar-refractivity contribution in [2.45, 2.75) is 25.5 Å². The van der Waals surface area contributed by atoms with E-state index in [2.05, 4.69) is 24.0 Å². The smallest absolute Gasteiger partial charge is 0.119 e. The van der Waals surface area contributed by atoms with Crippen LogP contribution in [0.5, 0.6) is 5.75 Å². The third-order valence-electron chi connectivity index (χ3n) is 3.12. The zero-order valence-electron chi connectivity index (χ0n) is 10.8. The minimum atomic E-state index is 0.459. The Morgan fingerprint density at radius 3 is 2.89 bits per heavy atom. The van der Waals surface area contributed by atoms with Crippen LogP contribution in [0.15, 0.2) is 36.9 Å². The molecular formula is C15H22NO2+. The van der Waals surface area contributed by atoms with Gasteiger partial charge in [0.15, 0.2) is 0 Å². The molecule has 2 rings (SSSR count). The van der Waals surface area contributed by atoms with Crippen LogP contribution in [0.3, 0.4) is 0 Å². The summed E-state index contributed by atoms with van der Waals surface area (Å²) in [6.07, 6.45) is 4.64. The number of ether oxygens (including phenoxy) is 2. The Morgan fingerprint density at radius 1 is 1.39 bits per heavy atom. The Bertz CT molecular complexity index is 355. The van der Waals surface area contributed by atoms with Gasteiger partial charge < -0.3 is 14.8 Å². The Hall–Kier alpha value is -1.32. The molecule has 0 spiro atoms. The molecule has 18 heavy (non-hydrogen) atoms. The zero-order valence-corrected chi connectivity index (χ0v) is 10.8. The van der Waals surface area contributed by atoms with Crippen molar-refractivity contribution in [3.63, 3.8) is 0 Å². The van der Waals surface area contributed by atoms with E-state index in [1.54, 1.807) is 6.08 Å². The highest BCUT2D eigenvalue weighted by molar-refractivity contribution is 5.26. The van der Waals surface area contributed by atoms with E-state index in [0.29, 0.717) is 12.7 Å². The van der Waals surface area contributed by atoms with E-state index in [1.807, 2.05) is 12.1 Å². The summed E-state index contributed by atoms with van der Waals surface area (Å²) in [6, 6.07) is 8.26. The van der Waals surface area contributed by atoms with Gasteiger partial charge in [-0.05, 0) is 37.1 Å². The number of nitrogens with two attached hydrogens (primary N) is 1. The molecule has 1 aromatic rings. The molecule has 1 fully saturated rings. The summed E-state index contributed by atoms with van der Waals surface area (Å²) < 4.78 is 11.0. The molecule has 0 amide bonds. The Labute approximate surface area is 109 Å². The standard InChI is InChI=1S/C15H21NO2/c1-2-9-17-14-7-5-13(6-8-14)11-16-12-15-4-3-10-18-15/h2,5-8,15-16H,1,3-4,9-12H2/p+1/t15-/m1/s1. The number of rotatable bonds is 7. The van der Waals surface area contributed by atoms with Gasteiger partial charge in [-0.3, -0.25) is 0 Å². The van der Waals surface area contributed by atoms with Gasteiger partial charge in [0.05, 0.1) is 0 Å². The summed E-state index contributed by atoms with van der Waals surface area (Å²) in [4.78, 5) is 0. The fourth-order valence-corrected chi connectivity index (χ4v) is 2.14. The quantitative estimate of drug-likeness (QED) is 0.742. The third-order valence-corrected chi connectivity index (χ3v) is 3.12. The first-order valence-electron chi connectivity index (χ1n) is 6.64. The summed E-state index contributed by atoms with van der Waals surface area (Å²) in [5, 5.41) is 2.32. The lowest BCUT2D eigenvalue weighted by atomic mass is 10.2. The van der Waals surface area contributed by atoms with E-state index in [9.17, 15) is 0 Å². The van der Waals surface area contributed by atoms with Crippen molar-refractivity contribution in [1.82, 2.24) is 0 Å². The van der Waals surface area contributed by atoms with Gasteiger partial charge in [0, 0.05) is 12.2 Å². The van der Waals surface area contributed by atoms with Crippen LogP contribution in [0.4, 0.5) is 0 Å². The average Bonchev–Trinajstić information content (AvgIpc) is 2.91. The fourth-order valence-electron chi connectivity index (χ4n) is 2.14. The van der Waals surface area contributed by atoms with E-state index in [-0.39, 0.29) is 0 Å². The summed E-state index contributed by atoms with van der Waals surface area (Å²) in [6.45, 7) is 7.19. The maximum atomic E-state index is 5.59. The van der Waals surface area contributed by atoms with Gasteiger partial charge in [0.25, 0.3) is 0 Å². The number of quaternary nitrogens is 1. The Kier molecular flexibility index (Phi) is 5.24. The maximum Gasteiger partial charge on any atom is 0.119 e. The van der Waals surface area contributed by atoms with Gasteiger partial charge in [-0.15, -0.1) is 0 Å². The average molecular weight is 248 g/mol. The van der Waals surface area contributed by atoms with E-state index in [1.165, 1.54) is 18.4 Å². The zero-order chi connectivity index (χ0) is 12.6. The molecule has 3 heteroatoms. The summed E-state index contributed by atoms with van der Waals surface area (Å²) in [5.41, 5.74) is 1.32. The molecule has 2 N–H and O–H groups in total. The lowest BCUT2D eigenvalue weighted by Crippen LogP contribution is -2.84. The predicted octanol–water partition coefficient (Wildman–Crippen LogP) is 1.49. The van der Waals surface area contributed by atoms with Gasteiger partial charge in [-0.25, -0.2) is 0 Å². The van der Waals surface area contributed by atoms with Crippen LogP contribution in [-0.2, 0) is 11.3 Å². The molecule has 1 aliphatic heterocycles. The topological polar surface area (TPSA) is 35.1 Å². The van der Waals surface area contributed by atoms with Crippen LogP contribution in [0.1, 0.15) is 18.4 Å². The normalized spacial score (nSPS) is 18.8. The molecule has 1 atom stereocenters. The minimum absolute atomic E-state index is 0.459. The predicted molar refractivity (Wildman–Crippen MR) is 71.6 cm³/mol. The van der Waals surface area contributed by atoms with E-state index in [0.717, 1.165) is 25.4 Å². The molecule has 0 radical (unpaired) electrons. The number of hydrogen-bond acceptors (Lipinski definition) is 2. The maximum absolute atomic E-state index is 5.59. The highest BCUT2D eigenvalue weighted by Crippen LogP contribution is 2.12. The van der Waals surface area contributed by atoms with Gasteiger partial charge in [-0.1, -0.05) is 12.7 Å². The molecule has 3 nitrogen and oxygen atoms in total. The van der Waals surface area contributed by atoms with Crippen LogP contribution in [0.2, 0.25) is 0 Å². The minimum Gasteiger partial charge on any atom is -0.490 e. The summed E-state index contributed by atoms with van der Waals surface area (Å²) in [7, 11) is 0. The molecule has 0 bridgehead atoms. The molecule has 0 saturated carbocycles. The van der Waals surface area contributed by atoms with Gasteiger partial charge in [-0.2, -0.15) is 0 Å². The second kappa shape index (κ2) is 7.19. The largest absolute Gasteiger partial charge is 0.490 e. The third kappa shape index (κ3) is 4.17. The molecule has 0 aromatic heterocycles. The van der Waals surface area contributed by atoms with Crippen LogP contribution < -0.4 is 10.1 Å². The van der Waals surface area contributed by atoms with Crippen molar-refractivity contribution in [3.05, 3.63) is 42.5 Å². The van der Waals surface area contributed by atoms with Gasteiger partial charge >= 0.3 is 0 Å². The van der Waals surface area contributed by atoms with Crippen molar-refractivity contribution in [3.8, 4) is 5.75 Å². The van der Waals surface area contributed by atoms with Gasteiger partial charge in [0.2, 0.25) is 0 Å². The lowest BCUT2D eigenvalue weighted by molar-refractivity contribution is -0.676. The second-order valence-electron chi connectivity index (χ2n) is 4.61. The Morgan fingerprint density at radius 2 is 2.22 bits per heavy atom. The first kappa shape index (κ1) is 13.1. The highest BCUT2D eigenvalue weighted by atomic mass is 16.5. The van der Waals surface area contributed by atoms with Crippen molar-refractivity contribution in [2.75, 3.05) is 19.8 Å². The van der Waals surface area contributed by atoms with Crippen LogP contribution >= 0.6 is 0 Å². The molecular weight excluding hydrogens is 226 g/mol. The van der Waals surface area contributed by atoms with E-state index < -0.39 is 0 Å².